The molecule has 0 aliphatic carbocycles. The highest BCUT2D eigenvalue weighted by molar-refractivity contribution is 6.22. The topological polar surface area (TPSA) is 90.4 Å². The number of rotatable bonds is 8. The molecule has 0 radical (unpaired) electrons. The molecule has 3 aromatic carbocycles. The summed E-state index contributed by atoms with van der Waals surface area (Å²) in [6, 6.07) is 17.2. The van der Waals surface area contributed by atoms with E-state index in [0.29, 0.717) is 71.1 Å². The van der Waals surface area contributed by atoms with Crippen molar-refractivity contribution in [2.75, 3.05) is 45.3 Å². The Morgan fingerprint density at radius 3 is 2.46 bits per heavy atom. The molecule has 0 saturated carbocycles. The number of aliphatic imine (C=N–C) groups is 1. The molecular weight excluding hydrogens is 499 g/mol. The maximum Gasteiger partial charge on any atom is 0.226 e. The maximum atomic E-state index is 13.9. The van der Waals surface area contributed by atoms with Gasteiger partial charge in [-0.05, 0) is 74.8 Å². The van der Waals surface area contributed by atoms with Crippen LogP contribution in [0.1, 0.15) is 24.5 Å². The van der Waals surface area contributed by atoms with Crippen molar-refractivity contribution in [1.82, 2.24) is 9.88 Å². The highest BCUT2D eigenvalue weighted by Gasteiger charge is 2.22. The van der Waals surface area contributed by atoms with Crippen LogP contribution in [0.4, 0.5) is 15.8 Å². The van der Waals surface area contributed by atoms with Gasteiger partial charge in [0.25, 0.3) is 0 Å². The number of amides is 1. The third-order valence-corrected chi connectivity index (χ3v) is 6.57. The summed E-state index contributed by atoms with van der Waals surface area (Å²) in [6.45, 7) is 4.07. The van der Waals surface area contributed by atoms with Gasteiger partial charge in [-0.2, -0.15) is 0 Å². The zero-order valence-electron chi connectivity index (χ0n) is 22.2. The number of likely N-dealkylation sites (N-methyl/N-ethyl adjacent to an activating group) is 1. The lowest BCUT2D eigenvalue weighted by molar-refractivity contribution is -0.118. The van der Waals surface area contributed by atoms with E-state index in [-0.39, 0.29) is 11.8 Å². The predicted octanol–water partition coefficient (Wildman–Crippen LogP) is 5.26. The zero-order chi connectivity index (χ0) is 27.5. The normalized spacial score (nSPS) is 13.2. The number of ether oxygens (including phenoxy) is 2. The molecule has 202 valence electrons. The summed E-state index contributed by atoms with van der Waals surface area (Å²) < 4.78 is 25.4. The van der Waals surface area contributed by atoms with Crippen molar-refractivity contribution in [1.29, 1.82) is 0 Å². The molecule has 0 atom stereocenters. The van der Waals surface area contributed by atoms with Gasteiger partial charge in [-0.15, -0.1) is 0 Å². The van der Waals surface area contributed by atoms with Gasteiger partial charge < -0.3 is 29.4 Å². The second-order valence-electron chi connectivity index (χ2n) is 9.58. The lowest BCUT2D eigenvalue weighted by Crippen LogP contribution is -2.36. The average molecular weight is 531 g/mol. The molecule has 4 aromatic rings. The van der Waals surface area contributed by atoms with E-state index < -0.39 is 5.82 Å². The third kappa shape index (κ3) is 5.58. The van der Waals surface area contributed by atoms with Crippen LogP contribution in [0.3, 0.4) is 0 Å². The Balaban J connectivity index is 1.59. The highest BCUT2D eigenvalue weighted by atomic mass is 19.1. The SMILES string of the molecule is CCC(=O)N(CCN(C)C)c1ccc(N=C(c2ccc3c(c2)OCCO3)c2c(O)[nH]c3cc(F)ccc23)cc1. The first kappa shape index (κ1) is 26.2. The minimum absolute atomic E-state index is 0.0426. The Morgan fingerprint density at radius 1 is 1.00 bits per heavy atom. The van der Waals surface area contributed by atoms with Gasteiger partial charge in [0.15, 0.2) is 17.4 Å². The lowest BCUT2D eigenvalue weighted by Gasteiger charge is -2.24. The van der Waals surface area contributed by atoms with E-state index in [1.54, 1.807) is 11.0 Å². The highest BCUT2D eigenvalue weighted by Crippen LogP contribution is 2.36. The van der Waals surface area contributed by atoms with Crippen molar-refractivity contribution < 1.29 is 23.8 Å². The van der Waals surface area contributed by atoms with Crippen LogP contribution in [0.15, 0.2) is 65.7 Å². The molecule has 8 nitrogen and oxygen atoms in total. The Labute approximate surface area is 226 Å². The minimum atomic E-state index is -0.413. The number of carbonyl (C=O) groups excluding carboxylic acids is 1. The van der Waals surface area contributed by atoms with Crippen molar-refractivity contribution >= 4 is 33.9 Å². The van der Waals surface area contributed by atoms with Crippen molar-refractivity contribution in [3.05, 3.63) is 77.6 Å². The fourth-order valence-electron chi connectivity index (χ4n) is 4.58. The number of hydrogen-bond acceptors (Lipinski definition) is 6. The van der Waals surface area contributed by atoms with Crippen LogP contribution < -0.4 is 14.4 Å². The number of aromatic amines is 1. The van der Waals surface area contributed by atoms with Gasteiger partial charge in [0.1, 0.15) is 19.0 Å². The van der Waals surface area contributed by atoms with E-state index >= 15 is 0 Å². The van der Waals surface area contributed by atoms with Crippen molar-refractivity contribution in [2.45, 2.75) is 13.3 Å². The molecule has 1 aliphatic heterocycles. The van der Waals surface area contributed by atoms with Gasteiger partial charge in [-0.25, -0.2) is 9.38 Å². The zero-order valence-corrected chi connectivity index (χ0v) is 22.2. The summed E-state index contributed by atoms with van der Waals surface area (Å²) in [4.78, 5) is 24.2. The number of aromatic hydroxyl groups is 1. The molecule has 1 aromatic heterocycles. The third-order valence-electron chi connectivity index (χ3n) is 6.57. The number of benzene rings is 3. The number of H-pyrrole nitrogens is 1. The van der Waals surface area contributed by atoms with Crippen molar-refractivity contribution in [2.24, 2.45) is 4.99 Å². The van der Waals surface area contributed by atoms with Gasteiger partial charge in [0.2, 0.25) is 5.91 Å². The van der Waals surface area contributed by atoms with E-state index in [0.717, 1.165) is 12.2 Å². The summed E-state index contributed by atoms with van der Waals surface area (Å²) in [6.07, 6.45) is 0.405. The minimum Gasteiger partial charge on any atom is -0.494 e. The molecule has 9 heteroatoms. The van der Waals surface area contributed by atoms with Crippen molar-refractivity contribution in [3.63, 3.8) is 0 Å². The van der Waals surface area contributed by atoms with Crippen LogP contribution in [0, 0.1) is 5.82 Å². The molecule has 0 unspecified atom stereocenters. The Hall–Kier alpha value is -4.37. The summed E-state index contributed by atoms with van der Waals surface area (Å²) in [5.74, 6) is 0.730. The Bertz CT molecular complexity index is 1530. The van der Waals surface area contributed by atoms with Crippen LogP contribution in [-0.4, -0.2) is 67.0 Å². The fraction of sp³-hybridized carbons (Fsp3) is 0.267. The van der Waals surface area contributed by atoms with Crippen LogP contribution in [0.25, 0.3) is 10.9 Å². The molecule has 5 rings (SSSR count). The van der Waals surface area contributed by atoms with E-state index in [9.17, 15) is 14.3 Å². The maximum absolute atomic E-state index is 13.9. The molecule has 1 amide bonds. The summed E-state index contributed by atoms with van der Waals surface area (Å²) in [5, 5.41) is 11.5. The van der Waals surface area contributed by atoms with Crippen LogP contribution >= 0.6 is 0 Å². The monoisotopic (exact) mass is 530 g/mol. The van der Waals surface area contributed by atoms with Gasteiger partial charge in [0, 0.05) is 36.1 Å². The summed E-state index contributed by atoms with van der Waals surface area (Å²) in [5.41, 5.74) is 3.48. The predicted molar refractivity (Wildman–Crippen MR) is 150 cm³/mol. The lowest BCUT2D eigenvalue weighted by atomic mass is 10.00. The molecular formula is C30H31FN4O4. The fourth-order valence-corrected chi connectivity index (χ4v) is 4.58. The Morgan fingerprint density at radius 2 is 1.74 bits per heavy atom. The second-order valence-corrected chi connectivity index (χ2v) is 9.58. The van der Waals surface area contributed by atoms with Crippen LogP contribution in [0.5, 0.6) is 17.4 Å². The number of hydrogen-bond donors (Lipinski definition) is 2. The van der Waals surface area contributed by atoms with E-state index in [1.165, 1.54) is 12.1 Å². The van der Waals surface area contributed by atoms with E-state index in [4.69, 9.17) is 14.5 Å². The second kappa shape index (κ2) is 11.2. The van der Waals surface area contributed by atoms with E-state index in [1.807, 2.05) is 68.4 Å². The number of nitrogens with one attached hydrogen (secondary N) is 1. The van der Waals surface area contributed by atoms with Gasteiger partial charge in [-0.1, -0.05) is 6.92 Å². The number of nitrogens with zero attached hydrogens (tertiary/aromatic N) is 3. The number of carbonyl (C=O) groups is 1. The molecule has 0 fully saturated rings. The first-order valence-electron chi connectivity index (χ1n) is 12.9. The first-order valence-corrected chi connectivity index (χ1v) is 12.9. The Kier molecular flexibility index (Phi) is 7.51. The quantitative estimate of drug-likeness (QED) is 0.304. The molecule has 1 aliphatic rings. The number of anilines is 1. The van der Waals surface area contributed by atoms with Crippen LogP contribution in [-0.2, 0) is 4.79 Å². The molecule has 0 saturated heterocycles. The summed E-state index contributed by atoms with van der Waals surface area (Å²) >= 11 is 0. The molecule has 39 heavy (non-hydrogen) atoms. The average Bonchev–Trinajstić information content (AvgIpc) is 3.26. The smallest absolute Gasteiger partial charge is 0.226 e. The first-order chi connectivity index (χ1) is 18.8. The number of aromatic nitrogens is 1. The number of halogens is 1. The number of fused-ring (bicyclic) bond motifs is 2. The van der Waals surface area contributed by atoms with Crippen LogP contribution in [0.2, 0.25) is 0 Å². The van der Waals surface area contributed by atoms with Crippen molar-refractivity contribution in [3.8, 4) is 17.4 Å². The summed E-state index contributed by atoms with van der Waals surface area (Å²) in [7, 11) is 3.95. The largest absolute Gasteiger partial charge is 0.494 e. The molecule has 0 spiro atoms. The van der Waals surface area contributed by atoms with Gasteiger partial charge in [-0.3, -0.25) is 4.79 Å². The molecule has 0 bridgehead atoms. The standard InChI is InChI=1S/C30H31FN4O4/c1-4-27(36)35(14-13-34(2)3)22-9-7-21(8-10-22)32-29(19-5-12-25-26(17-19)39-16-15-38-25)28-23-11-6-20(31)18-24(23)33-30(28)37/h5-12,17-18,33,37H,4,13-16H2,1-3H3. The molecule has 2 N–H and O–H groups in total. The van der Waals surface area contributed by atoms with E-state index in [2.05, 4.69) is 4.98 Å². The molecule has 2 heterocycles. The van der Waals surface area contributed by atoms with Gasteiger partial charge in [0.05, 0.1) is 22.5 Å². The van der Waals surface area contributed by atoms with Gasteiger partial charge >= 0.3 is 0 Å².